The van der Waals surface area contributed by atoms with Crippen LogP contribution in [0.2, 0.25) is 0 Å². The molecule has 0 aromatic heterocycles. The summed E-state index contributed by atoms with van der Waals surface area (Å²) < 4.78 is 0. The van der Waals surface area contributed by atoms with Gasteiger partial charge in [-0.1, -0.05) is 26.7 Å². The van der Waals surface area contributed by atoms with Crippen LogP contribution in [0.3, 0.4) is 0 Å². The zero-order valence-corrected chi connectivity index (χ0v) is 13.2. The molecular formula is C17H30N2O. The highest BCUT2D eigenvalue weighted by Crippen LogP contribution is 2.42. The van der Waals surface area contributed by atoms with Crippen molar-refractivity contribution in [3.63, 3.8) is 0 Å². The SMILES string of the molecule is CCC1(C(=O)N2CCC(C)C3CCCCC32)CCNC1. The summed E-state index contributed by atoms with van der Waals surface area (Å²) in [7, 11) is 0. The molecule has 4 unspecified atom stereocenters. The summed E-state index contributed by atoms with van der Waals surface area (Å²) in [6, 6.07) is 0.545. The molecule has 20 heavy (non-hydrogen) atoms. The standard InChI is InChI=1S/C17H30N2O/c1-3-17(9-10-18-12-17)16(20)19-11-8-13(2)14-6-4-5-7-15(14)19/h13-15,18H,3-12H2,1-2H3. The van der Waals surface area contributed by atoms with Gasteiger partial charge in [-0.2, -0.15) is 0 Å². The van der Waals surface area contributed by atoms with Gasteiger partial charge in [-0.3, -0.25) is 4.79 Å². The fraction of sp³-hybridized carbons (Fsp3) is 0.941. The van der Waals surface area contributed by atoms with E-state index in [0.29, 0.717) is 11.9 Å². The van der Waals surface area contributed by atoms with Gasteiger partial charge < -0.3 is 10.2 Å². The first-order chi connectivity index (χ1) is 9.68. The normalized spacial score (nSPS) is 41.5. The lowest BCUT2D eigenvalue weighted by molar-refractivity contribution is -0.149. The van der Waals surface area contributed by atoms with Crippen LogP contribution in [0.15, 0.2) is 0 Å². The Labute approximate surface area is 123 Å². The first kappa shape index (κ1) is 14.4. The molecule has 3 aliphatic rings. The molecule has 3 heteroatoms. The first-order valence-corrected chi connectivity index (χ1v) is 8.70. The van der Waals surface area contributed by atoms with Gasteiger partial charge in [0.1, 0.15) is 0 Å². The number of carbonyl (C=O) groups excluding carboxylic acids is 1. The van der Waals surface area contributed by atoms with Gasteiger partial charge >= 0.3 is 0 Å². The minimum atomic E-state index is -0.0947. The van der Waals surface area contributed by atoms with Gasteiger partial charge in [0.15, 0.2) is 0 Å². The Bertz CT molecular complexity index is 362. The van der Waals surface area contributed by atoms with Crippen LogP contribution in [0.4, 0.5) is 0 Å². The van der Waals surface area contributed by atoms with E-state index in [4.69, 9.17) is 0 Å². The number of amides is 1. The minimum Gasteiger partial charge on any atom is -0.339 e. The second-order valence-corrected chi connectivity index (χ2v) is 7.34. The van der Waals surface area contributed by atoms with Gasteiger partial charge in [0.25, 0.3) is 0 Å². The molecule has 1 aliphatic carbocycles. The van der Waals surface area contributed by atoms with Crippen molar-refractivity contribution in [1.82, 2.24) is 10.2 Å². The Morgan fingerprint density at radius 2 is 2.10 bits per heavy atom. The molecule has 2 aliphatic heterocycles. The highest BCUT2D eigenvalue weighted by atomic mass is 16.2. The summed E-state index contributed by atoms with van der Waals surface area (Å²) in [6.07, 6.45) is 8.50. The van der Waals surface area contributed by atoms with Gasteiger partial charge in [0, 0.05) is 19.1 Å². The van der Waals surface area contributed by atoms with Crippen molar-refractivity contribution in [2.24, 2.45) is 17.3 Å². The maximum Gasteiger partial charge on any atom is 0.230 e. The predicted molar refractivity (Wildman–Crippen MR) is 81.5 cm³/mol. The van der Waals surface area contributed by atoms with E-state index in [2.05, 4.69) is 24.1 Å². The highest BCUT2D eigenvalue weighted by Gasteiger charge is 2.47. The molecule has 4 atom stereocenters. The molecule has 0 radical (unpaired) electrons. The number of likely N-dealkylation sites (tertiary alicyclic amines) is 1. The van der Waals surface area contributed by atoms with Crippen molar-refractivity contribution in [3.05, 3.63) is 0 Å². The minimum absolute atomic E-state index is 0.0947. The second kappa shape index (κ2) is 5.67. The Hall–Kier alpha value is -0.570. The quantitative estimate of drug-likeness (QED) is 0.842. The lowest BCUT2D eigenvalue weighted by Crippen LogP contribution is -2.56. The van der Waals surface area contributed by atoms with Crippen molar-refractivity contribution in [2.45, 2.75) is 64.8 Å². The maximum absolute atomic E-state index is 13.2. The van der Waals surface area contributed by atoms with E-state index in [1.807, 2.05) is 0 Å². The van der Waals surface area contributed by atoms with Gasteiger partial charge in [-0.25, -0.2) is 0 Å². The van der Waals surface area contributed by atoms with E-state index in [9.17, 15) is 4.79 Å². The van der Waals surface area contributed by atoms with Crippen LogP contribution in [0.5, 0.6) is 0 Å². The Kier molecular flexibility index (Phi) is 4.07. The smallest absolute Gasteiger partial charge is 0.230 e. The van der Waals surface area contributed by atoms with Crippen molar-refractivity contribution < 1.29 is 4.79 Å². The van der Waals surface area contributed by atoms with Gasteiger partial charge in [0.2, 0.25) is 5.91 Å². The van der Waals surface area contributed by atoms with Crippen molar-refractivity contribution >= 4 is 5.91 Å². The molecule has 3 rings (SSSR count). The van der Waals surface area contributed by atoms with Crippen LogP contribution < -0.4 is 5.32 Å². The van der Waals surface area contributed by atoms with Gasteiger partial charge in [-0.05, 0) is 50.5 Å². The monoisotopic (exact) mass is 278 g/mol. The van der Waals surface area contributed by atoms with E-state index in [1.54, 1.807) is 0 Å². The first-order valence-electron chi connectivity index (χ1n) is 8.70. The zero-order valence-electron chi connectivity index (χ0n) is 13.2. The third-order valence-electron chi connectivity index (χ3n) is 6.37. The average Bonchev–Trinajstić information content (AvgIpc) is 2.97. The van der Waals surface area contributed by atoms with Gasteiger partial charge in [-0.15, -0.1) is 0 Å². The van der Waals surface area contributed by atoms with Crippen molar-refractivity contribution in [1.29, 1.82) is 0 Å². The van der Waals surface area contributed by atoms with E-state index < -0.39 is 0 Å². The molecule has 2 saturated heterocycles. The molecule has 1 amide bonds. The van der Waals surface area contributed by atoms with Crippen LogP contribution in [0, 0.1) is 17.3 Å². The molecule has 114 valence electrons. The summed E-state index contributed by atoms with van der Waals surface area (Å²) in [6.45, 7) is 7.50. The summed E-state index contributed by atoms with van der Waals surface area (Å²) >= 11 is 0. The lowest BCUT2D eigenvalue weighted by Gasteiger charge is -2.49. The fourth-order valence-corrected chi connectivity index (χ4v) is 4.85. The van der Waals surface area contributed by atoms with Crippen molar-refractivity contribution in [3.8, 4) is 0 Å². The molecule has 1 N–H and O–H groups in total. The summed E-state index contributed by atoms with van der Waals surface area (Å²) in [5.41, 5.74) is -0.0947. The number of nitrogens with zero attached hydrogens (tertiary/aromatic N) is 1. The molecule has 0 aromatic carbocycles. The molecular weight excluding hydrogens is 248 g/mol. The molecule has 0 bridgehead atoms. The summed E-state index contributed by atoms with van der Waals surface area (Å²) in [5.74, 6) is 2.04. The Morgan fingerprint density at radius 3 is 2.80 bits per heavy atom. The van der Waals surface area contributed by atoms with Crippen LogP contribution in [0.1, 0.15) is 58.8 Å². The molecule has 3 nitrogen and oxygen atoms in total. The molecule has 3 fully saturated rings. The topological polar surface area (TPSA) is 32.3 Å². The lowest BCUT2D eigenvalue weighted by atomic mass is 9.71. The predicted octanol–water partition coefficient (Wildman–Crippen LogP) is 2.80. The molecule has 1 saturated carbocycles. The average molecular weight is 278 g/mol. The number of fused-ring (bicyclic) bond motifs is 1. The van der Waals surface area contributed by atoms with Crippen LogP contribution in [-0.4, -0.2) is 36.5 Å². The van der Waals surface area contributed by atoms with E-state index in [-0.39, 0.29) is 5.41 Å². The number of hydrogen-bond donors (Lipinski definition) is 1. The molecule has 0 spiro atoms. The van der Waals surface area contributed by atoms with Crippen LogP contribution in [0.25, 0.3) is 0 Å². The van der Waals surface area contributed by atoms with Crippen LogP contribution in [-0.2, 0) is 4.79 Å². The zero-order chi connectivity index (χ0) is 14.2. The number of rotatable bonds is 2. The van der Waals surface area contributed by atoms with E-state index >= 15 is 0 Å². The second-order valence-electron chi connectivity index (χ2n) is 7.34. The Morgan fingerprint density at radius 1 is 1.30 bits per heavy atom. The van der Waals surface area contributed by atoms with Crippen molar-refractivity contribution in [2.75, 3.05) is 19.6 Å². The molecule has 2 heterocycles. The fourth-order valence-electron chi connectivity index (χ4n) is 4.85. The van der Waals surface area contributed by atoms with Gasteiger partial charge in [0.05, 0.1) is 5.41 Å². The number of nitrogens with one attached hydrogen (secondary N) is 1. The van der Waals surface area contributed by atoms with E-state index in [0.717, 1.165) is 44.3 Å². The Balaban J connectivity index is 1.79. The summed E-state index contributed by atoms with van der Waals surface area (Å²) in [4.78, 5) is 15.5. The van der Waals surface area contributed by atoms with Crippen LogP contribution >= 0.6 is 0 Å². The third-order valence-corrected chi connectivity index (χ3v) is 6.37. The largest absolute Gasteiger partial charge is 0.339 e. The highest BCUT2D eigenvalue weighted by molar-refractivity contribution is 5.84. The third kappa shape index (κ3) is 2.28. The van der Waals surface area contributed by atoms with E-state index in [1.165, 1.54) is 32.1 Å². The summed E-state index contributed by atoms with van der Waals surface area (Å²) in [5, 5.41) is 3.42. The molecule has 0 aromatic rings. The number of carbonyl (C=O) groups is 1. The maximum atomic E-state index is 13.2. The number of piperidine rings is 1. The number of hydrogen-bond acceptors (Lipinski definition) is 2.